The highest BCUT2D eigenvalue weighted by Gasteiger charge is 2.15. The normalized spacial score (nSPS) is 11.6. The first-order chi connectivity index (χ1) is 10.7. The van der Waals surface area contributed by atoms with Gasteiger partial charge in [0.15, 0.2) is 5.82 Å². The number of rotatable bonds is 3. The van der Waals surface area contributed by atoms with Gasteiger partial charge in [-0.05, 0) is 30.3 Å². The Balaban J connectivity index is 1.72. The Morgan fingerprint density at radius 1 is 1.09 bits per heavy atom. The van der Waals surface area contributed by atoms with Crippen molar-refractivity contribution in [2.75, 3.05) is 0 Å². The van der Waals surface area contributed by atoms with Crippen LogP contribution in [0.25, 0.3) is 21.2 Å². The van der Waals surface area contributed by atoms with Gasteiger partial charge in [0.05, 0.1) is 5.69 Å². The van der Waals surface area contributed by atoms with Crippen LogP contribution >= 0.6 is 11.3 Å². The molecule has 3 aromatic heterocycles. The number of fused-ring (bicyclic) bond motifs is 1. The molecule has 0 atom stereocenters. The molecule has 0 radical (unpaired) electrons. The summed E-state index contributed by atoms with van der Waals surface area (Å²) in [6.45, 7) is 4.18. The van der Waals surface area contributed by atoms with E-state index in [1.165, 1.54) is 0 Å². The van der Waals surface area contributed by atoms with Crippen LogP contribution in [0.3, 0.4) is 0 Å². The molecule has 0 N–H and O–H groups in total. The monoisotopic (exact) mass is 310 g/mol. The van der Waals surface area contributed by atoms with Crippen LogP contribution in [0.2, 0.25) is 0 Å². The fraction of sp³-hybridized carbons (Fsp3) is 0.200. The fourth-order valence-corrected chi connectivity index (χ4v) is 3.14. The van der Waals surface area contributed by atoms with Gasteiger partial charge in [-0.15, -0.1) is 10.2 Å². The molecule has 0 fully saturated rings. The minimum atomic E-state index is 0.298. The highest BCUT2D eigenvalue weighted by atomic mass is 32.1. The zero-order chi connectivity index (χ0) is 15.1. The summed E-state index contributed by atoms with van der Waals surface area (Å²) < 4.78 is 3.67. The minimum Gasteiger partial charge on any atom is -0.241 e. The quantitative estimate of drug-likeness (QED) is 0.583. The molecule has 0 bridgehead atoms. The molecule has 0 aliphatic carbocycles. The van der Waals surface area contributed by atoms with Gasteiger partial charge in [0.25, 0.3) is 0 Å². The predicted molar refractivity (Wildman–Crippen MR) is 85.3 cm³/mol. The summed E-state index contributed by atoms with van der Waals surface area (Å²) in [6.07, 6.45) is 3.69. The van der Waals surface area contributed by atoms with E-state index < -0.39 is 0 Å². The van der Waals surface area contributed by atoms with Crippen molar-refractivity contribution in [2.45, 2.75) is 19.8 Å². The summed E-state index contributed by atoms with van der Waals surface area (Å²) in [5, 5.41) is 18.2. The van der Waals surface area contributed by atoms with E-state index in [4.69, 9.17) is 0 Å². The lowest BCUT2D eigenvalue weighted by Gasteiger charge is -2.02. The predicted octanol–water partition coefficient (Wildman–Crippen LogP) is 3.16. The second-order valence-corrected chi connectivity index (χ2v) is 6.27. The fourth-order valence-electron chi connectivity index (χ4n) is 2.29. The topological polar surface area (TPSA) is 60.9 Å². The molecule has 0 saturated carbocycles. The lowest BCUT2D eigenvalue weighted by Crippen LogP contribution is -1.98. The molecule has 22 heavy (non-hydrogen) atoms. The first-order valence-electron chi connectivity index (χ1n) is 7.05. The molecular weight excluding hydrogens is 296 g/mol. The molecule has 0 amide bonds. The van der Waals surface area contributed by atoms with Gasteiger partial charge < -0.3 is 0 Å². The van der Waals surface area contributed by atoms with Gasteiger partial charge in [0.2, 0.25) is 4.96 Å². The first-order valence-corrected chi connectivity index (χ1v) is 7.86. The molecule has 110 valence electrons. The Hall–Kier alpha value is -2.54. The third-order valence-corrected chi connectivity index (χ3v) is 4.36. The van der Waals surface area contributed by atoms with Crippen LogP contribution in [0.1, 0.15) is 25.6 Å². The maximum absolute atomic E-state index is 4.64. The van der Waals surface area contributed by atoms with Crippen LogP contribution in [0.4, 0.5) is 0 Å². The molecule has 6 nitrogen and oxygen atoms in total. The highest BCUT2D eigenvalue weighted by molar-refractivity contribution is 7.19. The van der Waals surface area contributed by atoms with Crippen molar-refractivity contribution in [2.24, 2.45) is 0 Å². The Bertz CT molecular complexity index is 901. The van der Waals surface area contributed by atoms with Gasteiger partial charge in [-0.1, -0.05) is 25.2 Å². The van der Waals surface area contributed by atoms with Gasteiger partial charge in [-0.2, -0.15) is 14.7 Å². The van der Waals surface area contributed by atoms with E-state index in [2.05, 4.69) is 46.4 Å². The minimum absolute atomic E-state index is 0.298. The lowest BCUT2D eigenvalue weighted by molar-refractivity contribution is 0.727. The number of hydrogen-bond donors (Lipinski definition) is 0. The Labute approximate surface area is 131 Å². The number of hydrogen-bond acceptors (Lipinski definition) is 5. The van der Waals surface area contributed by atoms with Gasteiger partial charge in [-0.25, -0.2) is 4.68 Å². The van der Waals surface area contributed by atoms with E-state index in [1.54, 1.807) is 17.5 Å². The maximum atomic E-state index is 4.64. The molecule has 0 spiro atoms. The number of nitrogens with zero attached hydrogens (tertiary/aromatic N) is 6. The molecule has 1 aromatic carbocycles. The zero-order valence-electron chi connectivity index (χ0n) is 12.2. The highest BCUT2D eigenvalue weighted by Crippen LogP contribution is 2.27. The lowest BCUT2D eigenvalue weighted by atomic mass is 10.2. The molecule has 0 aliphatic rings. The smallest absolute Gasteiger partial charge is 0.234 e. The van der Waals surface area contributed by atoms with Crippen LogP contribution in [0, 0.1) is 0 Å². The third kappa shape index (κ3) is 2.10. The zero-order valence-corrected chi connectivity index (χ0v) is 13.0. The summed E-state index contributed by atoms with van der Waals surface area (Å²) in [4.78, 5) is 0.829. The SMILES string of the molecule is CC(C)c1nnc2sc(-c3ccc(-n4cccn4)cc3)nn12. The van der Waals surface area contributed by atoms with E-state index >= 15 is 0 Å². The number of benzene rings is 1. The van der Waals surface area contributed by atoms with Crippen molar-refractivity contribution in [3.8, 4) is 16.3 Å². The third-order valence-electron chi connectivity index (χ3n) is 3.41. The molecular formula is C15H14N6S. The second-order valence-electron chi connectivity index (χ2n) is 5.31. The van der Waals surface area contributed by atoms with Gasteiger partial charge in [0.1, 0.15) is 5.01 Å². The molecule has 4 rings (SSSR count). The van der Waals surface area contributed by atoms with Gasteiger partial charge in [0, 0.05) is 23.9 Å². The molecule has 0 unspecified atom stereocenters. The Morgan fingerprint density at radius 2 is 1.91 bits per heavy atom. The van der Waals surface area contributed by atoms with E-state index in [9.17, 15) is 0 Å². The van der Waals surface area contributed by atoms with Crippen molar-refractivity contribution in [1.29, 1.82) is 0 Å². The maximum Gasteiger partial charge on any atom is 0.234 e. The second kappa shape index (κ2) is 5.03. The first kappa shape index (κ1) is 13.1. The van der Waals surface area contributed by atoms with E-state index in [-0.39, 0.29) is 0 Å². The Morgan fingerprint density at radius 3 is 2.59 bits per heavy atom. The van der Waals surface area contributed by atoms with Crippen LogP contribution in [0.5, 0.6) is 0 Å². The summed E-state index contributed by atoms with van der Waals surface area (Å²) in [6, 6.07) is 10.1. The molecule has 4 aromatic rings. The van der Waals surface area contributed by atoms with Crippen LogP contribution < -0.4 is 0 Å². The van der Waals surface area contributed by atoms with Crippen molar-refractivity contribution in [3.05, 3.63) is 48.5 Å². The summed E-state index contributed by atoms with van der Waals surface area (Å²) in [5.74, 6) is 1.19. The molecule has 0 aliphatic heterocycles. The van der Waals surface area contributed by atoms with Gasteiger partial charge >= 0.3 is 0 Å². The van der Waals surface area contributed by atoms with Crippen molar-refractivity contribution in [3.63, 3.8) is 0 Å². The summed E-state index contributed by atoms with van der Waals surface area (Å²) in [7, 11) is 0. The van der Waals surface area contributed by atoms with E-state index in [0.29, 0.717) is 5.92 Å². The van der Waals surface area contributed by atoms with E-state index in [0.717, 1.165) is 27.0 Å². The van der Waals surface area contributed by atoms with Crippen molar-refractivity contribution >= 4 is 16.3 Å². The van der Waals surface area contributed by atoms with E-state index in [1.807, 2.05) is 33.6 Å². The number of aromatic nitrogens is 6. The average Bonchev–Trinajstić information content (AvgIpc) is 3.23. The molecule has 3 heterocycles. The Kier molecular flexibility index (Phi) is 3.00. The average molecular weight is 310 g/mol. The molecule has 0 saturated heterocycles. The van der Waals surface area contributed by atoms with Crippen LogP contribution in [-0.2, 0) is 0 Å². The largest absolute Gasteiger partial charge is 0.241 e. The summed E-state index contributed by atoms with van der Waals surface area (Å²) in [5.41, 5.74) is 2.10. The summed E-state index contributed by atoms with van der Waals surface area (Å²) >= 11 is 1.55. The van der Waals surface area contributed by atoms with Gasteiger partial charge in [-0.3, -0.25) is 0 Å². The van der Waals surface area contributed by atoms with Crippen LogP contribution in [0.15, 0.2) is 42.7 Å². The standard InChI is InChI=1S/C15H14N6S/c1-10(2)13-17-18-15-21(13)19-14(22-15)11-4-6-12(7-5-11)20-9-3-8-16-20/h3-10H,1-2H3. The van der Waals surface area contributed by atoms with Crippen molar-refractivity contribution < 1.29 is 0 Å². The van der Waals surface area contributed by atoms with Crippen molar-refractivity contribution in [1.82, 2.24) is 29.6 Å². The van der Waals surface area contributed by atoms with Crippen LogP contribution in [-0.4, -0.2) is 29.6 Å². The molecule has 7 heteroatoms.